The van der Waals surface area contributed by atoms with Gasteiger partial charge in [0.1, 0.15) is 6.73 Å². The van der Waals surface area contributed by atoms with Crippen molar-refractivity contribution in [2.45, 2.75) is 47.3 Å². The van der Waals surface area contributed by atoms with Crippen molar-refractivity contribution in [3.8, 4) is 0 Å². The fraction of sp³-hybridized carbons (Fsp3) is 0.500. The van der Waals surface area contributed by atoms with E-state index in [0.29, 0.717) is 35.0 Å². The number of carbonyl (C=O) groups excluding carboxylic acids is 1. The fourth-order valence-electron chi connectivity index (χ4n) is 2.87. The van der Waals surface area contributed by atoms with Crippen LogP contribution in [0.2, 0.25) is 5.02 Å². The second-order valence-corrected chi connectivity index (χ2v) is 7.64. The lowest BCUT2D eigenvalue weighted by Gasteiger charge is -2.13. The molecule has 1 aromatic heterocycles. The molecule has 136 valence electrons. The van der Waals surface area contributed by atoms with Crippen molar-refractivity contribution in [3.63, 3.8) is 0 Å². The minimum atomic E-state index is -0.103. The van der Waals surface area contributed by atoms with Gasteiger partial charge in [0.2, 0.25) is 5.78 Å². The summed E-state index contributed by atoms with van der Waals surface area (Å²) in [6.45, 7) is 8.99. The van der Waals surface area contributed by atoms with E-state index >= 15 is 0 Å². The highest BCUT2D eigenvalue weighted by Gasteiger charge is 2.23. The van der Waals surface area contributed by atoms with Crippen molar-refractivity contribution >= 4 is 17.4 Å². The number of methoxy groups -OCH3 is 1. The molecule has 0 aliphatic heterocycles. The van der Waals surface area contributed by atoms with Gasteiger partial charge >= 0.3 is 0 Å². The molecule has 0 spiro atoms. The molecule has 0 saturated carbocycles. The molecule has 5 heteroatoms. The van der Waals surface area contributed by atoms with Crippen molar-refractivity contribution in [2.24, 2.45) is 11.8 Å². The number of carbonyl (C=O) groups is 1. The third-order valence-electron chi connectivity index (χ3n) is 3.93. The summed E-state index contributed by atoms with van der Waals surface area (Å²) in [6.07, 6.45) is 1.71. The Hall–Kier alpha value is -1.65. The molecule has 2 aromatic rings. The molecule has 0 aliphatic carbocycles. The smallest absolute Gasteiger partial charge is 0.228 e. The van der Waals surface area contributed by atoms with Gasteiger partial charge in [-0.15, -0.1) is 0 Å². The third kappa shape index (κ3) is 4.93. The van der Waals surface area contributed by atoms with Gasteiger partial charge < -0.3 is 9.30 Å². The number of benzene rings is 1. The van der Waals surface area contributed by atoms with Crippen LogP contribution in [0.5, 0.6) is 0 Å². The Morgan fingerprint density at radius 2 is 1.72 bits per heavy atom. The van der Waals surface area contributed by atoms with E-state index in [4.69, 9.17) is 21.3 Å². The Labute approximate surface area is 155 Å². The summed E-state index contributed by atoms with van der Waals surface area (Å²) >= 11 is 5.94. The summed E-state index contributed by atoms with van der Waals surface area (Å²) in [5.74, 6) is 1.27. The van der Waals surface area contributed by atoms with E-state index in [-0.39, 0.29) is 5.78 Å². The molecule has 1 aromatic carbocycles. The predicted molar refractivity (Wildman–Crippen MR) is 101 cm³/mol. The van der Waals surface area contributed by atoms with Gasteiger partial charge in [-0.1, -0.05) is 39.3 Å². The predicted octanol–water partition coefficient (Wildman–Crippen LogP) is 4.77. The molecule has 0 amide bonds. The maximum atomic E-state index is 13.0. The molecular weight excluding hydrogens is 336 g/mol. The number of nitrogens with zero attached hydrogens (tertiary/aromatic N) is 2. The fourth-order valence-corrected chi connectivity index (χ4v) is 3.00. The lowest BCUT2D eigenvalue weighted by molar-refractivity contribution is 0.0977. The zero-order valence-corrected chi connectivity index (χ0v) is 16.4. The average Bonchev–Trinajstić information content (AvgIpc) is 2.85. The topological polar surface area (TPSA) is 44.1 Å². The maximum absolute atomic E-state index is 13.0. The van der Waals surface area contributed by atoms with Crippen LogP contribution >= 0.6 is 11.6 Å². The molecule has 2 rings (SSSR count). The van der Waals surface area contributed by atoms with Gasteiger partial charge in [-0.2, -0.15) is 0 Å². The van der Waals surface area contributed by atoms with Crippen LogP contribution in [0, 0.1) is 11.8 Å². The molecule has 0 atom stereocenters. The summed E-state index contributed by atoms with van der Waals surface area (Å²) in [5, 5.41) is 0.609. The van der Waals surface area contributed by atoms with Crippen LogP contribution in [0.15, 0.2) is 24.3 Å². The minimum absolute atomic E-state index is 0.103. The SMILES string of the molecule is COCn1c(C(=O)c2ccc(Cl)cc2)nc(CC(C)C)c1CC(C)C. The molecule has 0 radical (unpaired) electrons. The molecular formula is C20H27ClN2O2. The molecule has 25 heavy (non-hydrogen) atoms. The van der Waals surface area contributed by atoms with Crippen molar-refractivity contribution in [1.29, 1.82) is 0 Å². The van der Waals surface area contributed by atoms with Crippen molar-refractivity contribution in [3.05, 3.63) is 52.1 Å². The van der Waals surface area contributed by atoms with E-state index in [0.717, 1.165) is 24.2 Å². The number of ether oxygens (including phenoxy) is 1. The monoisotopic (exact) mass is 362 g/mol. The number of imidazole rings is 1. The van der Waals surface area contributed by atoms with Crippen LogP contribution in [-0.2, 0) is 24.3 Å². The van der Waals surface area contributed by atoms with Crippen LogP contribution in [0.1, 0.15) is 55.3 Å². The van der Waals surface area contributed by atoms with Crippen LogP contribution in [-0.4, -0.2) is 22.4 Å². The number of hydrogen-bond acceptors (Lipinski definition) is 3. The lowest BCUT2D eigenvalue weighted by atomic mass is 10.0. The first-order chi connectivity index (χ1) is 11.8. The molecule has 4 nitrogen and oxygen atoms in total. The zero-order chi connectivity index (χ0) is 18.6. The number of halogens is 1. The van der Waals surface area contributed by atoms with Crippen LogP contribution < -0.4 is 0 Å². The zero-order valence-electron chi connectivity index (χ0n) is 15.7. The number of hydrogen-bond donors (Lipinski definition) is 0. The van der Waals surface area contributed by atoms with Gasteiger partial charge in [0, 0.05) is 23.4 Å². The van der Waals surface area contributed by atoms with E-state index in [9.17, 15) is 4.79 Å². The highest BCUT2D eigenvalue weighted by Crippen LogP contribution is 2.22. The van der Waals surface area contributed by atoms with E-state index < -0.39 is 0 Å². The largest absolute Gasteiger partial charge is 0.364 e. The molecule has 0 aliphatic rings. The van der Waals surface area contributed by atoms with Gasteiger partial charge in [-0.05, 0) is 48.9 Å². The molecule has 0 N–H and O–H groups in total. The number of ketones is 1. The summed E-state index contributed by atoms with van der Waals surface area (Å²) in [7, 11) is 1.64. The summed E-state index contributed by atoms with van der Waals surface area (Å²) in [6, 6.07) is 6.92. The van der Waals surface area contributed by atoms with Gasteiger partial charge in [0.25, 0.3) is 0 Å². The Morgan fingerprint density at radius 3 is 2.24 bits per heavy atom. The Morgan fingerprint density at radius 1 is 1.12 bits per heavy atom. The van der Waals surface area contributed by atoms with Gasteiger partial charge in [-0.3, -0.25) is 4.79 Å². The quantitative estimate of drug-likeness (QED) is 0.635. The van der Waals surface area contributed by atoms with E-state index in [1.54, 1.807) is 31.4 Å². The van der Waals surface area contributed by atoms with Gasteiger partial charge in [0.05, 0.1) is 5.69 Å². The standard InChI is InChI=1S/C20H27ClN2O2/c1-13(2)10-17-18(11-14(3)4)23(12-25-5)20(22-17)19(24)15-6-8-16(21)9-7-15/h6-9,13-14H,10-12H2,1-5H3. The van der Waals surface area contributed by atoms with Crippen molar-refractivity contribution in [1.82, 2.24) is 9.55 Å². The number of rotatable bonds is 8. The molecule has 1 heterocycles. The Bertz CT molecular complexity index is 718. The molecule has 0 saturated heterocycles. The number of aromatic nitrogens is 2. The molecule has 0 unspecified atom stereocenters. The summed E-state index contributed by atoms with van der Waals surface area (Å²) < 4.78 is 7.29. The van der Waals surface area contributed by atoms with E-state index in [1.807, 2.05) is 4.57 Å². The first-order valence-electron chi connectivity index (χ1n) is 8.71. The van der Waals surface area contributed by atoms with E-state index in [1.165, 1.54) is 0 Å². The highest BCUT2D eigenvalue weighted by molar-refractivity contribution is 6.30. The first-order valence-corrected chi connectivity index (χ1v) is 9.08. The second-order valence-electron chi connectivity index (χ2n) is 7.21. The normalized spacial score (nSPS) is 11.5. The lowest BCUT2D eigenvalue weighted by Crippen LogP contribution is -2.16. The average molecular weight is 363 g/mol. The van der Waals surface area contributed by atoms with E-state index in [2.05, 4.69) is 27.7 Å². The van der Waals surface area contributed by atoms with Crippen molar-refractivity contribution < 1.29 is 9.53 Å². The van der Waals surface area contributed by atoms with Gasteiger partial charge in [-0.25, -0.2) is 4.98 Å². The summed E-state index contributed by atoms with van der Waals surface area (Å²) in [4.78, 5) is 17.7. The van der Waals surface area contributed by atoms with Crippen LogP contribution in [0.4, 0.5) is 0 Å². The van der Waals surface area contributed by atoms with Crippen LogP contribution in [0.25, 0.3) is 0 Å². The molecule has 0 bridgehead atoms. The second kappa shape index (κ2) is 8.63. The van der Waals surface area contributed by atoms with Crippen LogP contribution in [0.3, 0.4) is 0 Å². The minimum Gasteiger partial charge on any atom is -0.364 e. The third-order valence-corrected chi connectivity index (χ3v) is 4.18. The summed E-state index contributed by atoms with van der Waals surface area (Å²) in [5.41, 5.74) is 2.68. The Kier molecular flexibility index (Phi) is 6.79. The Balaban J connectivity index is 2.52. The molecule has 0 fully saturated rings. The first kappa shape index (κ1) is 19.7. The highest BCUT2D eigenvalue weighted by atomic mass is 35.5. The maximum Gasteiger partial charge on any atom is 0.228 e. The van der Waals surface area contributed by atoms with Gasteiger partial charge in [0.15, 0.2) is 5.82 Å². The van der Waals surface area contributed by atoms with Crippen molar-refractivity contribution in [2.75, 3.05) is 7.11 Å².